The Morgan fingerprint density at radius 2 is 1.88 bits per heavy atom. The summed E-state index contributed by atoms with van der Waals surface area (Å²) in [5.74, 6) is -1.21. The number of ether oxygens (including phenoxy) is 2. The summed E-state index contributed by atoms with van der Waals surface area (Å²) in [6, 6.07) is 5.12. The molecule has 32 heavy (non-hydrogen) atoms. The van der Waals surface area contributed by atoms with E-state index in [1.54, 1.807) is 19.1 Å². The quantitative estimate of drug-likeness (QED) is 0.452. The molecule has 1 aliphatic rings. The average Bonchev–Trinajstić information content (AvgIpc) is 2.74. The lowest BCUT2D eigenvalue weighted by atomic mass is 9.95. The van der Waals surface area contributed by atoms with Crippen LogP contribution >= 0.6 is 0 Å². The van der Waals surface area contributed by atoms with Crippen molar-refractivity contribution in [3.63, 3.8) is 0 Å². The summed E-state index contributed by atoms with van der Waals surface area (Å²) in [7, 11) is 0. The lowest BCUT2D eigenvalue weighted by molar-refractivity contribution is -0.127. The van der Waals surface area contributed by atoms with E-state index in [1.165, 1.54) is 25.3 Å². The molecule has 0 radical (unpaired) electrons. The number of fused-ring (bicyclic) bond motifs is 1. The number of aromatic carboxylic acids is 1. The van der Waals surface area contributed by atoms with Crippen molar-refractivity contribution in [2.75, 3.05) is 32.2 Å². The summed E-state index contributed by atoms with van der Waals surface area (Å²) in [5.41, 5.74) is 6.55. The van der Waals surface area contributed by atoms with Gasteiger partial charge in [0.1, 0.15) is 17.9 Å². The van der Waals surface area contributed by atoms with E-state index in [4.69, 9.17) is 20.3 Å². The summed E-state index contributed by atoms with van der Waals surface area (Å²) in [6.07, 6.45) is 6.00. The molecule has 1 aromatic heterocycles. The fraction of sp³-hybridized carbons (Fsp3) is 0.522. The normalized spacial score (nSPS) is 13.9. The number of nitrogens with one attached hydrogen (secondary N) is 1. The van der Waals surface area contributed by atoms with Crippen LogP contribution in [0, 0.1) is 6.92 Å². The molecule has 0 unspecified atom stereocenters. The number of benzene rings is 1. The molecule has 1 amide bonds. The van der Waals surface area contributed by atoms with Gasteiger partial charge < -0.3 is 30.7 Å². The van der Waals surface area contributed by atoms with Crippen molar-refractivity contribution in [1.29, 1.82) is 0 Å². The van der Waals surface area contributed by atoms with Gasteiger partial charge in [0.05, 0.1) is 35.5 Å². The van der Waals surface area contributed by atoms with Crippen molar-refractivity contribution in [2.24, 2.45) is 0 Å². The highest BCUT2D eigenvalue weighted by atomic mass is 16.5. The van der Waals surface area contributed by atoms with E-state index in [0.29, 0.717) is 37.1 Å². The molecule has 1 heterocycles. The van der Waals surface area contributed by atoms with E-state index >= 15 is 0 Å². The zero-order valence-corrected chi connectivity index (χ0v) is 18.7. The minimum atomic E-state index is -1.15. The summed E-state index contributed by atoms with van der Waals surface area (Å²) in [4.78, 5) is 26.6. The van der Waals surface area contributed by atoms with E-state index in [-0.39, 0.29) is 34.9 Å². The number of carbonyl (C=O) groups is 2. The second kappa shape index (κ2) is 12.8. The van der Waals surface area contributed by atoms with Crippen LogP contribution in [-0.2, 0) is 14.3 Å². The Hall–Kier alpha value is -2.91. The Bertz CT molecular complexity index is 912. The number of carbonyl (C=O) groups excluding carboxylic acids is 1. The number of rotatable bonds is 8. The van der Waals surface area contributed by atoms with Gasteiger partial charge in [-0.3, -0.25) is 9.78 Å². The molecule has 176 valence electrons. The Morgan fingerprint density at radius 1 is 1.19 bits per heavy atom. The van der Waals surface area contributed by atoms with Gasteiger partial charge in [-0.15, -0.1) is 0 Å². The van der Waals surface area contributed by atoms with Crippen LogP contribution in [0.1, 0.15) is 55.1 Å². The van der Waals surface area contributed by atoms with Crippen LogP contribution in [0.5, 0.6) is 5.75 Å². The van der Waals surface area contributed by atoms with E-state index < -0.39 is 5.97 Å². The maximum absolute atomic E-state index is 11.5. The van der Waals surface area contributed by atoms with Crippen molar-refractivity contribution in [3.05, 3.63) is 29.5 Å². The topological polar surface area (TPSA) is 144 Å². The fourth-order valence-electron chi connectivity index (χ4n) is 3.67. The van der Waals surface area contributed by atoms with Crippen LogP contribution in [0.2, 0.25) is 0 Å². The summed E-state index contributed by atoms with van der Waals surface area (Å²) >= 11 is 0. The number of aromatic hydroxyl groups is 1. The van der Waals surface area contributed by atoms with Crippen molar-refractivity contribution in [1.82, 2.24) is 10.3 Å². The lowest BCUT2D eigenvalue weighted by Gasteiger charge is -2.22. The van der Waals surface area contributed by atoms with E-state index in [0.717, 1.165) is 12.8 Å². The molecule has 0 atom stereocenters. The molecule has 9 heteroatoms. The molecule has 5 N–H and O–H groups in total. The Morgan fingerprint density at radius 3 is 2.53 bits per heavy atom. The first kappa shape index (κ1) is 25.4. The Balaban J connectivity index is 0.000000227. The van der Waals surface area contributed by atoms with Crippen molar-refractivity contribution in [3.8, 4) is 5.75 Å². The number of carboxylic acid groups (broad SMARTS) is 1. The van der Waals surface area contributed by atoms with Gasteiger partial charge in [0.2, 0.25) is 5.91 Å². The predicted octanol–water partition coefficient (Wildman–Crippen LogP) is 3.02. The zero-order valence-electron chi connectivity index (χ0n) is 18.7. The van der Waals surface area contributed by atoms with Crippen LogP contribution in [-0.4, -0.2) is 59.5 Å². The number of anilines is 1. The number of phenolic OH excluding ortho intramolecular Hbond substituents is 1. The largest absolute Gasteiger partial charge is 0.507 e. The zero-order chi connectivity index (χ0) is 23.5. The van der Waals surface area contributed by atoms with Gasteiger partial charge in [0.15, 0.2) is 0 Å². The molecule has 0 spiro atoms. The first-order valence-corrected chi connectivity index (χ1v) is 10.9. The van der Waals surface area contributed by atoms with Crippen molar-refractivity contribution >= 4 is 28.5 Å². The molecule has 1 saturated carbocycles. The number of amides is 1. The number of aromatic nitrogens is 1. The van der Waals surface area contributed by atoms with Gasteiger partial charge in [0.25, 0.3) is 0 Å². The molecule has 0 saturated heterocycles. The molecule has 0 aliphatic heterocycles. The van der Waals surface area contributed by atoms with Gasteiger partial charge in [-0.2, -0.15) is 0 Å². The van der Waals surface area contributed by atoms with E-state index in [1.807, 2.05) is 6.92 Å². The summed E-state index contributed by atoms with van der Waals surface area (Å²) in [6.45, 7) is 5.42. The number of hydrogen-bond acceptors (Lipinski definition) is 7. The van der Waals surface area contributed by atoms with Crippen LogP contribution in [0.3, 0.4) is 0 Å². The monoisotopic (exact) mass is 447 g/mol. The van der Waals surface area contributed by atoms with Gasteiger partial charge in [-0.05, 0) is 38.8 Å². The third-order valence-electron chi connectivity index (χ3n) is 5.20. The highest BCUT2D eigenvalue weighted by molar-refractivity contribution is 6.06. The first-order chi connectivity index (χ1) is 15.3. The number of nitrogens with two attached hydrogens (primary N) is 1. The van der Waals surface area contributed by atoms with Gasteiger partial charge in [0, 0.05) is 12.6 Å². The SMILES string of the molecule is CCOCCOCC(=O)NC1CCCCC1.Cc1nc2cccc(O)c2c(N)c1C(=O)O. The standard InChI is InChI=1S/C12H23NO3.C11H10N2O3/c1-2-15-8-9-16-10-12(14)13-11-6-4-3-5-7-11;1-5-8(11(15)16)10(12)9-6(13-5)3-2-4-7(9)14/h11H,2-10H2,1H3,(H,13,14);2-4,14H,1H3,(H2,12,13)(H,15,16). The molecule has 1 aliphatic carbocycles. The molecule has 1 fully saturated rings. The van der Waals surface area contributed by atoms with Gasteiger partial charge in [-0.25, -0.2) is 4.79 Å². The fourth-order valence-corrected chi connectivity index (χ4v) is 3.67. The molecule has 1 aromatic carbocycles. The maximum atomic E-state index is 11.5. The second-order valence-electron chi connectivity index (χ2n) is 7.61. The summed E-state index contributed by atoms with van der Waals surface area (Å²) < 4.78 is 10.3. The third kappa shape index (κ3) is 7.35. The van der Waals surface area contributed by atoms with E-state index in [2.05, 4.69) is 10.3 Å². The number of pyridine rings is 1. The van der Waals surface area contributed by atoms with Crippen molar-refractivity contribution < 1.29 is 29.3 Å². The Kier molecular flexibility index (Phi) is 10.2. The maximum Gasteiger partial charge on any atom is 0.339 e. The average molecular weight is 448 g/mol. The number of hydrogen-bond donors (Lipinski definition) is 4. The minimum Gasteiger partial charge on any atom is -0.507 e. The highest BCUT2D eigenvalue weighted by Gasteiger charge is 2.18. The molecule has 9 nitrogen and oxygen atoms in total. The van der Waals surface area contributed by atoms with Crippen LogP contribution in [0.25, 0.3) is 10.9 Å². The molecule has 3 rings (SSSR count). The summed E-state index contributed by atoms with van der Waals surface area (Å²) in [5, 5.41) is 21.9. The number of aryl methyl sites for hydroxylation is 1. The first-order valence-electron chi connectivity index (χ1n) is 10.9. The second-order valence-corrected chi connectivity index (χ2v) is 7.61. The Labute approximate surface area is 187 Å². The molecular formula is C23H33N3O6. The number of nitrogens with zero attached hydrogens (tertiary/aromatic N) is 1. The smallest absolute Gasteiger partial charge is 0.339 e. The van der Waals surface area contributed by atoms with Crippen molar-refractivity contribution in [2.45, 2.75) is 52.0 Å². The van der Waals surface area contributed by atoms with Crippen LogP contribution in [0.4, 0.5) is 5.69 Å². The predicted molar refractivity (Wildman–Crippen MR) is 122 cm³/mol. The van der Waals surface area contributed by atoms with Gasteiger partial charge >= 0.3 is 5.97 Å². The highest BCUT2D eigenvalue weighted by Crippen LogP contribution is 2.32. The molecule has 0 bridgehead atoms. The van der Waals surface area contributed by atoms with Crippen LogP contribution in [0.15, 0.2) is 18.2 Å². The minimum absolute atomic E-state index is 0.00315. The molecule has 2 aromatic rings. The lowest BCUT2D eigenvalue weighted by Crippen LogP contribution is -2.38. The number of carboxylic acids is 1. The molecular weight excluding hydrogens is 414 g/mol. The number of phenols is 1. The number of nitrogen functional groups attached to an aromatic ring is 1. The third-order valence-corrected chi connectivity index (χ3v) is 5.20. The van der Waals surface area contributed by atoms with E-state index in [9.17, 15) is 14.7 Å². The van der Waals surface area contributed by atoms with Gasteiger partial charge in [-0.1, -0.05) is 25.3 Å². The van der Waals surface area contributed by atoms with Crippen LogP contribution < -0.4 is 11.1 Å².